The van der Waals surface area contributed by atoms with Crippen molar-refractivity contribution in [2.24, 2.45) is 0 Å². The van der Waals surface area contributed by atoms with E-state index in [0.717, 1.165) is 20.8 Å². The average molecular weight is 1190 g/mol. The number of carbonyl (C=O) groups is 11. The van der Waals surface area contributed by atoms with Crippen molar-refractivity contribution in [1.29, 1.82) is 0 Å². The van der Waals surface area contributed by atoms with Crippen molar-refractivity contribution in [3.05, 3.63) is 56.7 Å². The lowest BCUT2D eigenvalue weighted by Crippen LogP contribution is -2.33. The molecule has 0 saturated heterocycles. The molecule has 0 aromatic carbocycles. The molecule has 33 nitrogen and oxygen atoms in total. The molecule has 5 aliphatic heterocycles. The van der Waals surface area contributed by atoms with Gasteiger partial charge in [-0.3, -0.25) is 19.2 Å². The molecule has 0 fully saturated rings. The molecule has 11 unspecified atom stereocenters. The largest absolute Gasteiger partial charge is 0.449 e. The molecule has 0 aromatic heterocycles. The average Bonchev–Trinajstić information content (AvgIpc) is 4.14. The molecular formula is C47H63O33P. The van der Waals surface area contributed by atoms with Crippen LogP contribution in [0.25, 0.3) is 0 Å². The van der Waals surface area contributed by atoms with Crippen LogP contribution in [0.4, 0.5) is 0 Å². The fraction of sp³-hybridized carbons (Fsp3) is 0.553. The van der Waals surface area contributed by atoms with E-state index in [0.29, 0.717) is 5.57 Å². The Morgan fingerprint density at radius 2 is 0.716 bits per heavy atom. The number of esters is 9. The molecule has 34 heteroatoms. The van der Waals surface area contributed by atoms with Gasteiger partial charge in [0, 0.05) is 52.6 Å². The van der Waals surface area contributed by atoms with Gasteiger partial charge in [-0.05, 0) is 34.6 Å². The minimum atomic E-state index is -3.36. The molecule has 10 N–H and O–H groups in total. The van der Waals surface area contributed by atoms with Gasteiger partial charge in [-0.25, -0.2) is 38.1 Å². The van der Waals surface area contributed by atoms with Crippen molar-refractivity contribution in [2.45, 2.75) is 123 Å². The predicted molar refractivity (Wildman–Crippen MR) is 257 cm³/mol. The van der Waals surface area contributed by atoms with Gasteiger partial charge < -0.3 is 103 Å². The Labute approximate surface area is 459 Å². The van der Waals surface area contributed by atoms with Crippen LogP contribution in [0.2, 0.25) is 0 Å². The van der Waals surface area contributed by atoms with Crippen LogP contribution < -0.4 is 0 Å². The number of carbonyl (C=O) groups excluding carboxylic acids is 11. The topological polar surface area (TPSA) is 509 Å². The van der Waals surface area contributed by atoms with E-state index in [1.807, 2.05) is 0 Å². The summed E-state index contributed by atoms with van der Waals surface area (Å²) >= 11 is 0. The molecule has 5 aliphatic rings. The number of ether oxygens (including phenoxy) is 9. The van der Waals surface area contributed by atoms with Crippen molar-refractivity contribution in [2.75, 3.05) is 46.8 Å². The zero-order chi connectivity index (χ0) is 62.7. The molecule has 454 valence electrons. The van der Waals surface area contributed by atoms with Crippen LogP contribution in [0.3, 0.4) is 0 Å². The standard InChI is InChI=1S/2C10H12O7.C9H15O7P.2C9H12O6/c1-4-7(16-10(15)5(2)12)8(6(13)3-11)17-9(4)14;1-4-7(6(13)3-11)16-10(15)8(4)17-9(14)5(2)12;1-5-7(16-17(3,13)14-2)8(6(11)4-10)15-9(5)12;1-4-7(14-5(2)11)8(6(12)3-10)15-9(4)13;1-4-7(6(12)3-10)15-9(13)8(4)14-5(2)11/h6,8,11,13H,3H2,1-2H3;6-7,11,13H,3H2,1-2H3;6,8,10-11H,4H2,1-3H3;6,8,10,12H,3H2,1-2H3;6-7,10,12H,3H2,1-2H3. The number of cyclic esters (lactones) is 5. The summed E-state index contributed by atoms with van der Waals surface area (Å²) < 4.78 is 63.7. The zero-order valence-electron chi connectivity index (χ0n) is 45.1. The number of ketones is 2. The first kappa shape index (κ1) is 71.9. The second kappa shape index (κ2) is 32.3. The van der Waals surface area contributed by atoms with Crippen molar-refractivity contribution < 1.29 is 160 Å². The molecule has 0 amide bonds. The molecule has 5 rings (SSSR count). The van der Waals surface area contributed by atoms with E-state index >= 15 is 0 Å². The van der Waals surface area contributed by atoms with E-state index in [1.165, 1.54) is 55.3 Å². The highest BCUT2D eigenvalue weighted by Crippen LogP contribution is 2.48. The molecule has 0 saturated carbocycles. The monoisotopic (exact) mass is 1190 g/mol. The van der Waals surface area contributed by atoms with E-state index in [9.17, 15) is 82.8 Å². The number of aliphatic hydroxyl groups is 10. The molecule has 0 radical (unpaired) electrons. The lowest BCUT2D eigenvalue weighted by molar-refractivity contribution is -0.156. The Bertz CT molecular complexity index is 2640. The molecule has 0 aromatic rings. The van der Waals surface area contributed by atoms with Crippen LogP contribution in [-0.4, -0.2) is 224 Å². The van der Waals surface area contributed by atoms with E-state index in [4.69, 9.17) is 58.5 Å². The van der Waals surface area contributed by atoms with Gasteiger partial charge in [-0.1, -0.05) is 0 Å². The van der Waals surface area contributed by atoms with Gasteiger partial charge in [0.25, 0.3) is 0 Å². The van der Waals surface area contributed by atoms with Gasteiger partial charge in [0.1, 0.15) is 30.5 Å². The summed E-state index contributed by atoms with van der Waals surface area (Å²) in [5.41, 5.74) is 0.671. The van der Waals surface area contributed by atoms with Crippen molar-refractivity contribution in [3.8, 4) is 0 Å². The van der Waals surface area contributed by atoms with Crippen LogP contribution in [0.15, 0.2) is 56.7 Å². The third-order valence-electron chi connectivity index (χ3n) is 10.7. The van der Waals surface area contributed by atoms with E-state index in [2.05, 4.69) is 18.7 Å². The summed E-state index contributed by atoms with van der Waals surface area (Å²) in [6.45, 7) is 9.59. The second-order valence-corrected chi connectivity index (χ2v) is 19.1. The minimum Gasteiger partial charge on any atom is -0.449 e. The smallest absolute Gasteiger partial charge is 0.379 e. The number of hydrogen-bond acceptors (Lipinski definition) is 33. The van der Waals surface area contributed by atoms with E-state index in [-0.39, 0.29) is 45.3 Å². The van der Waals surface area contributed by atoms with E-state index < -0.39 is 173 Å². The van der Waals surface area contributed by atoms with Crippen molar-refractivity contribution in [3.63, 3.8) is 0 Å². The lowest BCUT2D eigenvalue weighted by Gasteiger charge is -2.21. The highest BCUT2D eigenvalue weighted by molar-refractivity contribution is 7.53. The summed E-state index contributed by atoms with van der Waals surface area (Å²) in [5.74, 6) is -10.1. The fourth-order valence-electron chi connectivity index (χ4n) is 6.27. The van der Waals surface area contributed by atoms with Crippen LogP contribution in [-0.2, 0) is 109 Å². The molecule has 81 heavy (non-hydrogen) atoms. The number of rotatable bonds is 19. The molecular weight excluding hydrogens is 1120 g/mol. The zero-order valence-corrected chi connectivity index (χ0v) is 46.0. The summed E-state index contributed by atoms with van der Waals surface area (Å²) in [6.07, 6.45) is -12.1. The molecule has 0 aliphatic carbocycles. The summed E-state index contributed by atoms with van der Waals surface area (Å²) in [7, 11) is -2.16. The normalized spacial score (nSPS) is 22.6. The summed E-state index contributed by atoms with van der Waals surface area (Å²) in [6, 6.07) is 0. The van der Waals surface area contributed by atoms with Crippen LogP contribution in [0, 0.1) is 0 Å². The molecule has 0 spiro atoms. The van der Waals surface area contributed by atoms with Gasteiger partial charge in [-0.2, -0.15) is 0 Å². The maximum Gasteiger partial charge on any atom is 0.379 e. The molecule has 11 atom stereocenters. The Kier molecular flexibility index (Phi) is 28.7. The minimum absolute atomic E-state index is 0.0166. The number of Topliss-reactive ketones (excluding diaryl/α,β-unsaturated/α-hetero) is 2. The molecule has 5 heterocycles. The number of aliphatic hydroxyl groups excluding tert-OH is 10. The van der Waals surface area contributed by atoms with Gasteiger partial charge in [0.2, 0.25) is 23.1 Å². The lowest BCUT2D eigenvalue weighted by atomic mass is 10.1. The summed E-state index contributed by atoms with van der Waals surface area (Å²) in [5, 5.41) is 90.5. The number of hydrogen-bond donors (Lipinski definition) is 10. The van der Waals surface area contributed by atoms with Gasteiger partial charge >= 0.3 is 61.3 Å². The van der Waals surface area contributed by atoms with Gasteiger partial charge in [0.15, 0.2) is 47.8 Å². The predicted octanol–water partition coefficient (Wildman–Crippen LogP) is -4.43. The Balaban J connectivity index is 0.000000507. The third-order valence-corrected chi connectivity index (χ3v) is 11.9. The molecule has 0 bridgehead atoms. The first-order valence-corrected chi connectivity index (χ1v) is 25.2. The highest BCUT2D eigenvalue weighted by Gasteiger charge is 2.44. The Hall–Kier alpha value is -7.14. The SMILES string of the molecule is CC(=O)C(=O)OC1=C(C)C(=O)OC1C(O)CO.CC(=O)C(=O)OC1=C(C)C(C(O)CO)OC1=O.CC(=O)OC1=C(C)C(=O)OC1C(O)CO.CC(=O)OC1=C(C)C(C(O)CO)OC1=O.COP(C)(=O)OC1=C(C)C(=O)OC1C(O)CO. The van der Waals surface area contributed by atoms with E-state index in [1.54, 1.807) is 0 Å². The third kappa shape index (κ3) is 20.1. The van der Waals surface area contributed by atoms with Crippen LogP contribution >= 0.6 is 7.60 Å². The first-order chi connectivity index (χ1) is 37.5. The van der Waals surface area contributed by atoms with Crippen molar-refractivity contribution in [1.82, 2.24) is 0 Å². The van der Waals surface area contributed by atoms with Crippen LogP contribution in [0.5, 0.6) is 0 Å². The fourth-order valence-corrected chi connectivity index (χ4v) is 6.94. The highest BCUT2D eigenvalue weighted by atomic mass is 31.2. The quantitative estimate of drug-likeness (QED) is 0.0252. The van der Waals surface area contributed by atoms with Crippen molar-refractivity contribution >= 4 is 72.9 Å². The Morgan fingerprint density at radius 3 is 1.02 bits per heavy atom. The Morgan fingerprint density at radius 1 is 0.444 bits per heavy atom. The first-order valence-electron chi connectivity index (χ1n) is 23.2. The van der Waals surface area contributed by atoms with Crippen LogP contribution in [0.1, 0.15) is 62.3 Å². The van der Waals surface area contributed by atoms with Gasteiger partial charge in [-0.15, -0.1) is 0 Å². The van der Waals surface area contributed by atoms with Gasteiger partial charge in [0.05, 0.1) is 49.8 Å². The summed E-state index contributed by atoms with van der Waals surface area (Å²) in [4.78, 5) is 121. The maximum absolute atomic E-state index is 11.7. The maximum atomic E-state index is 11.7. The second-order valence-electron chi connectivity index (χ2n) is 17.0.